The Hall–Kier alpha value is -2.66. The van der Waals surface area contributed by atoms with Crippen molar-refractivity contribution in [2.75, 3.05) is 13.9 Å². The monoisotopic (exact) mass is 357 g/mol. The lowest BCUT2D eigenvalue weighted by Gasteiger charge is -2.16. The number of aromatic hydroxyl groups is 1. The number of halogens is 1. The Morgan fingerprint density at radius 3 is 2.64 bits per heavy atom. The van der Waals surface area contributed by atoms with Crippen molar-refractivity contribution < 1.29 is 36.3 Å². The molecule has 0 saturated heterocycles. The predicted octanol–water partition coefficient (Wildman–Crippen LogP) is -0.203. The number of fused-ring (bicyclic) bond motifs is 5. The molecule has 2 aliphatic heterocycles. The van der Waals surface area contributed by atoms with Gasteiger partial charge in [0.05, 0.1) is 12.7 Å². The molecule has 0 saturated carbocycles. The second kappa shape index (κ2) is 5.70. The number of hydrogen-bond acceptors (Lipinski definition) is 4. The number of rotatable bonds is 1. The molecular formula is C19H16ClNO4. The van der Waals surface area contributed by atoms with E-state index in [1.807, 2.05) is 6.07 Å². The van der Waals surface area contributed by atoms with Crippen molar-refractivity contribution in [2.24, 2.45) is 0 Å². The van der Waals surface area contributed by atoms with Crippen LogP contribution in [0.5, 0.6) is 23.0 Å². The molecule has 2 aliphatic rings. The Morgan fingerprint density at radius 2 is 1.84 bits per heavy atom. The topological polar surface area (TPSA) is 51.8 Å². The van der Waals surface area contributed by atoms with Crippen LogP contribution in [0.4, 0.5) is 0 Å². The zero-order chi connectivity index (χ0) is 16.3. The van der Waals surface area contributed by atoms with Gasteiger partial charge in [-0.1, -0.05) is 0 Å². The van der Waals surface area contributed by atoms with E-state index in [-0.39, 0.29) is 24.9 Å². The van der Waals surface area contributed by atoms with Crippen molar-refractivity contribution >= 4 is 10.8 Å². The van der Waals surface area contributed by atoms with E-state index in [0.717, 1.165) is 40.9 Å². The van der Waals surface area contributed by atoms with Crippen LogP contribution in [0.2, 0.25) is 0 Å². The zero-order valence-electron chi connectivity index (χ0n) is 13.6. The van der Waals surface area contributed by atoms with Gasteiger partial charge in [-0.15, -0.1) is 0 Å². The van der Waals surface area contributed by atoms with Crippen molar-refractivity contribution in [3.05, 3.63) is 42.1 Å². The van der Waals surface area contributed by atoms with E-state index in [0.29, 0.717) is 5.75 Å². The molecule has 0 fully saturated rings. The molecule has 5 rings (SSSR count). The van der Waals surface area contributed by atoms with Crippen molar-refractivity contribution in [3.63, 3.8) is 0 Å². The summed E-state index contributed by atoms with van der Waals surface area (Å²) >= 11 is 0. The van der Waals surface area contributed by atoms with E-state index < -0.39 is 0 Å². The molecule has 1 N–H and O–H groups in total. The molecule has 0 bridgehead atoms. The third kappa shape index (κ3) is 2.35. The van der Waals surface area contributed by atoms with Crippen LogP contribution in [0, 0.1) is 0 Å². The first-order chi connectivity index (χ1) is 11.7. The lowest BCUT2D eigenvalue weighted by atomic mass is 9.95. The number of phenolic OH excluding ortho intramolecular Hbond substituents is 1. The molecule has 6 heteroatoms. The Morgan fingerprint density at radius 1 is 1.04 bits per heavy atom. The summed E-state index contributed by atoms with van der Waals surface area (Å²) in [5, 5.41) is 12.0. The van der Waals surface area contributed by atoms with Crippen LogP contribution in [0.1, 0.15) is 5.56 Å². The van der Waals surface area contributed by atoms with Crippen LogP contribution >= 0.6 is 0 Å². The predicted molar refractivity (Wildman–Crippen MR) is 87.6 cm³/mol. The molecule has 3 heterocycles. The van der Waals surface area contributed by atoms with Crippen molar-refractivity contribution in [1.82, 2.24) is 0 Å². The first-order valence-corrected chi connectivity index (χ1v) is 7.90. The van der Waals surface area contributed by atoms with Gasteiger partial charge in [0, 0.05) is 17.9 Å². The molecule has 0 unspecified atom stereocenters. The third-order valence-electron chi connectivity index (χ3n) is 4.78. The summed E-state index contributed by atoms with van der Waals surface area (Å²) in [6.45, 7) is 1.18. The highest BCUT2D eigenvalue weighted by atomic mass is 35.5. The van der Waals surface area contributed by atoms with E-state index >= 15 is 0 Å². The van der Waals surface area contributed by atoms with Gasteiger partial charge in [-0.3, -0.25) is 0 Å². The average Bonchev–Trinajstić information content (AvgIpc) is 3.05. The van der Waals surface area contributed by atoms with Crippen LogP contribution in [-0.4, -0.2) is 19.0 Å². The fourth-order valence-electron chi connectivity index (χ4n) is 3.56. The third-order valence-corrected chi connectivity index (χ3v) is 4.78. The second-order valence-corrected chi connectivity index (χ2v) is 6.12. The van der Waals surface area contributed by atoms with E-state index in [1.165, 1.54) is 11.1 Å². The van der Waals surface area contributed by atoms with Crippen LogP contribution in [-0.2, 0) is 13.0 Å². The smallest absolute Gasteiger partial charge is 0.231 e. The number of nitrogens with zero attached hydrogens (tertiary/aromatic N) is 1. The molecular weight excluding hydrogens is 342 g/mol. The Kier molecular flexibility index (Phi) is 3.62. The first-order valence-electron chi connectivity index (χ1n) is 7.90. The maximum atomic E-state index is 10.0. The Bertz CT molecular complexity index is 1000. The summed E-state index contributed by atoms with van der Waals surface area (Å²) in [7, 11) is 1.56. The fourth-order valence-corrected chi connectivity index (χ4v) is 3.56. The Labute approximate surface area is 150 Å². The van der Waals surface area contributed by atoms with Crippen molar-refractivity contribution in [1.29, 1.82) is 0 Å². The SMILES string of the molecule is COc1cc2cc3[n+](cc2cc1O)CCc1cc2c(cc1-3)OCO2.[Cl-]. The molecule has 3 aromatic rings. The van der Waals surface area contributed by atoms with Gasteiger partial charge < -0.3 is 31.7 Å². The molecule has 2 aromatic carbocycles. The lowest BCUT2D eigenvalue weighted by Crippen LogP contribution is -3.00. The van der Waals surface area contributed by atoms with Gasteiger partial charge in [0.25, 0.3) is 0 Å². The highest BCUT2D eigenvalue weighted by molar-refractivity contribution is 5.87. The Balaban J connectivity index is 0.00000157. The van der Waals surface area contributed by atoms with Gasteiger partial charge in [0.15, 0.2) is 35.7 Å². The van der Waals surface area contributed by atoms with Crippen LogP contribution < -0.4 is 31.2 Å². The first kappa shape index (κ1) is 15.8. The summed E-state index contributed by atoms with van der Waals surface area (Å²) in [5.41, 5.74) is 3.57. The minimum Gasteiger partial charge on any atom is -1.00 e. The van der Waals surface area contributed by atoms with E-state index in [2.05, 4.69) is 29.0 Å². The highest BCUT2D eigenvalue weighted by Crippen LogP contribution is 2.40. The van der Waals surface area contributed by atoms with Gasteiger partial charge in [0.1, 0.15) is 0 Å². The maximum absolute atomic E-state index is 10.0. The van der Waals surface area contributed by atoms with Gasteiger partial charge in [-0.2, -0.15) is 4.57 Å². The maximum Gasteiger partial charge on any atom is 0.231 e. The minimum absolute atomic E-state index is 0. The second-order valence-electron chi connectivity index (χ2n) is 6.12. The standard InChI is InChI=1S/C19H15NO4.ClH/c1-22-17-7-12-4-15-14-8-19-18(23-10-24-19)6-11(14)2-3-20(15)9-13(12)5-16(17)21;/h4-9H,2-3,10H2,1H3;1H. The number of aryl methyl sites for hydroxylation is 2. The molecule has 0 aliphatic carbocycles. The molecule has 0 atom stereocenters. The number of pyridine rings is 1. The van der Waals surface area contributed by atoms with Crippen molar-refractivity contribution in [2.45, 2.75) is 13.0 Å². The fraction of sp³-hybridized carbons (Fsp3) is 0.211. The van der Waals surface area contributed by atoms with Gasteiger partial charge >= 0.3 is 0 Å². The number of hydrogen-bond donors (Lipinski definition) is 1. The highest BCUT2D eigenvalue weighted by Gasteiger charge is 2.27. The molecule has 0 amide bonds. The number of methoxy groups -OCH3 is 1. The summed E-state index contributed by atoms with van der Waals surface area (Å²) in [6, 6.07) is 9.90. The summed E-state index contributed by atoms with van der Waals surface area (Å²) in [5.74, 6) is 2.26. The number of ether oxygens (including phenoxy) is 3. The summed E-state index contributed by atoms with van der Waals surface area (Å²) in [4.78, 5) is 0. The molecule has 25 heavy (non-hydrogen) atoms. The normalized spacial score (nSPS) is 13.8. The van der Waals surface area contributed by atoms with E-state index in [1.54, 1.807) is 13.2 Å². The molecule has 1 aromatic heterocycles. The molecule has 0 radical (unpaired) electrons. The van der Waals surface area contributed by atoms with Gasteiger partial charge in [0.2, 0.25) is 12.5 Å². The van der Waals surface area contributed by atoms with Crippen LogP contribution in [0.15, 0.2) is 36.5 Å². The number of aromatic nitrogens is 1. The molecule has 0 spiro atoms. The van der Waals surface area contributed by atoms with Crippen LogP contribution in [0.25, 0.3) is 22.0 Å². The van der Waals surface area contributed by atoms with E-state index in [4.69, 9.17) is 14.2 Å². The number of benzene rings is 2. The summed E-state index contributed by atoms with van der Waals surface area (Å²) in [6.07, 6.45) is 3.02. The number of phenols is 1. The summed E-state index contributed by atoms with van der Waals surface area (Å²) < 4.78 is 18.5. The molecule has 5 nitrogen and oxygen atoms in total. The quantitative estimate of drug-likeness (QED) is 0.613. The van der Waals surface area contributed by atoms with E-state index in [9.17, 15) is 5.11 Å². The van der Waals surface area contributed by atoms with Gasteiger partial charge in [-0.25, -0.2) is 0 Å². The van der Waals surface area contributed by atoms with Gasteiger partial charge in [-0.05, 0) is 35.2 Å². The average molecular weight is 358 g/mol. The van der Waals surface area contributed by atoms with Crippen LogP contribution in [0.3, 0.4) is 0 Å². The zero-order valence-corrected chi connectivity index (χ0v) is 14.3. The molecule has 128 valence electrons. The lowest BCUT2D eigenvalue weighted by molar-refractivity contribution is -0.686. The largest absolute Gasteiger partial charge is 1.00 e. The van der Waals surface area contributed by atoms with Crippen molar-refractivity contribution in [3.8, 4) is 34.3 Å². The minimum atomic E-state index is 0.